The number of rotatable bonds is 3. The van der Waals surface area contributed by atoms with Crippen LogP contribution in [-0.2, 0) is 4.74 Å². The van der Waals surface area contributed by atoms with Gasteiger partial charge in [-0.3, -0.25) is 0 Å². The maximum atomic E-state index is 14.8. The molecule has 1 radical (unpaired) electrons. The van der Waals surface area contributed by atoms with Crippen molar-refractivity contribution in [1.82, 2.24) is 10.2 Å². The van der Waals surface area contributed by atoms with Crippen LogP contribution >= 0.6 is 0 Å². The maximum absolute atomic E-state index is 14.8. The summed E-state index contributed by atoms with van der Waals surface area (Å²) >= 11 is 0. The number of aliphatic hydroxyl groups excluding tert-OH is 1. The minimum atomic E-state index is -0.632. The lowest BCUT2D eigenvalue weighted by atomic mass is 9.67. The predicted molar refractivity (Wildman–Crippen MR) is 129 cm³/mol. The third-order valence-corrected chi connectivity index (χ3v) is 6.98. The van der Waals surface area contributed by atoms with Gasteiger partial charge >= 0.3 is 0 Å². The van der Waals surface area contributed by atoms with E-state index >= 15 is 0 Å². The molecular weight excluding hydrogens is 432 g/mol. The number of hydrogen-bond acceptors (Lipinski definition) is 7. The molecule has 0 aromatic rings. The first-order valence-electron chi connectivity index (χ1n) is 11.4. The minimum Gasteiger partial charge on any atom is -0.509 e. The van der Waals surface area contributed by atoms with Crippen LogP contribution in [0.1, 0.15) is 20.3 Å². The second-order valence-electron chi connectivity index (χ2n) is 9.14. The van der Waals surface area contributed by atoms with Crippen LogP contribution in [0.2, 0.25) is 0 Å². The molecule has 4 aliphatic heterocycles. The molecule has 173 valence electrons. The normalized spacial score (nSPS) is 26.8. The highest BCUT2D eigenvalue weighted by Gasteiger charge is 2.41. The Hall–Kier alpha value is -3.51. The molecule has 2 unspecified atom stereocenters. The number of nitrogens with two attached hydrogens (primary N) is 1. The van der Waals surface area contributed by atoms with E-state index in [1.54, 1.807) is 6.92 Å². The first kappa shape index (κ1) is 22.3. The molecule has 1 saturated heterocycles. The number of likely N-dealkylation sites (tertiary alicyclic amines) is 1. The quantitative estimate of drug-likeness (QED) is 0.562. The van der Waals surface area contributed by atoms with Crippen LogP contribution in [0.25, 0.3) is 0 Å². The van der Waals surface area contributed by atoms with Gasteiger partial charge in [0.15, 0.2) is 5.96 Å². The number of fused-ring (bicyclic) bond motifs is 2. The number of aliphatic hydroxyl groups is 1. The molecule has 5 aliphatic rings. The molecular formula is C25H26BFN5O2. The van der Waals surface area contributed by atoms with Gasteiger partial charge in [0.05, 0.1) is 18.8 Å². The molecule has 0 saturated carbocycles. The minimum absolute atomic E-state index is 0.0160. The highest BCUT2D eigenvalue weighted by atomic mass is 19.1. The molecule has 0 bridgehead atoms. The Bertz CT molecular complexity index is 1260. The Morgan fingerprint density at radius 1 is 1.44 bits per heavy atom. The number of ether oxygens (including phenoxy) is 1. The van der Waals surface area contributed by atoms with Crippen LogP contribution in [0.15, 0.2) is 85.5 Å². The molecule has 7 nitrogen and oxygen atoms in total. The van der Waals surface area contributed by atoms with Gasteiger partial charge in [-0.2, -0.15) is 5.26 Å². The van der Waals surface area contributed by atoms with Crippen molar-refractivity contribution < 1.29 is 14.2 Å². The van der Waals surface area contributed by atoms with Crippen LogP contribution in [-0.4, -0.2) is 55.6 Å². The topological polar surface area (TPSA) is 107 Å². The SMILES string of the molecule is C=C(C1=C(/C(F)=C\C)[B]C(N)=C1C#N)C1=C(O)C2N=C(N3CCC(C)C3)NC=C2C2=C1COC2. The summed E-state index contributed by atoms with van der Waals surface area (Å²) in [6.07, 6.45) is 4.29. The van der Waals surface area contributed by atoms with Crippen molar-refractivity contribution in [3.05, 3.63) is 80.5 Å². The molecule has 9 heteroatoms. The van der Waals surface area contributed by atoms with E-state index in [0.29, 0.717) is 29.6 Å². The Labute approximate surface area is 199 Å². The van der Waals surface area contributed by atoms with E-state index in [-0.39, 0.29) is 34.6 Å². The zero-order valence-electron chi connectivity index (χ0n) is 19.3. The van der Waals surface area contributed by atoms with Gasteiger partial charge < -0.3 is 25.8 Å². The standard InChI is InChI=1S/C25H26BFN5O2/c1-4-18(27)21-19(14(7-28)24(29)26-21)13(3)20-17-11-34-10-16(17)15-8-30-25(31-22(15)23(20)33)32-6-5-12(2)9-32/h4,8,12,22,33H,3,5-6,9-11,29H2,1-2H3,(H,30,31)/b18-4+. The largest absolute Gasteiger partial charge is 0.509 e. The summed E-state index contributed by atoms with van der Waals surface area (Å²) in [7, 11) is 1.44. The third kappa shape index (κ3) is 3.32. The molecule has 1 aliphatic carbocycles. The molecule has 1 fully saturated rings. The number of hydrogen-bond donors (Lipinski definition) is 3. The maximum Gasteiger partial charge on any atom is 0.219 e. The number of nitrogens with zero attached hydrogens (tertiary/aromatic N) is 3. The number of nitrogens with one attached hydrogen (secondary N) is 1. The van der Waals surface area contributed by atoms with E-state index in [1.807, 2.05) is 6.20 Å². The number of guanidine groups is 1. The Kier molecular flexibility index (Phi) is 5.49. The number of aliphatic imine (C=N–C) groups is 1. The average molecular weight is 458 g/mol. The second kappa shape index (κ2) is 8.37. The van der Waals surface area contributed by atoms with Gasteiger partial charge in [0.1, 0.15) is 23.7 Å². The van der Waals surface area contributed by atoms with E-state index in [2.05, 4.69) is 29.8 Å². The predicted octanol–water partition coefficient (Wildman–Crippen LogP) is 2.79. The fraction of sp³-hybridized carbons (Fsp3) is 0.360. The van der Waals surface area contributed by atoms with Gasteiger partial charge in [0, 0.05) is 30.4 Å². The molecule has 4 N–H and O–H groups in total. The van der Waals surface area contributed by atoms with Crippen molar-refractivity contribution >= 4 is 13.2 Å². The number of nitriles is 1. The molecule has 0 aromatic heterocycles. The summed E-state index contributed by atoms with van der Waals surface area (Å²) in [6.45, 7) is 10.4. The van der Waals surface area contributed by atoms with E-state index < -0.39 is 11.9 Å². The number of allylic oxidation sites excluding steroid dienone is 6. The summed E-state index contributed by atoms with van der Waals surface area (Å²) in [5.74, 6) is 0.796. The molecule has 5 rings (SSSR count). The highest BCUT2D eigenvalue weighted by Crippen LogP contribution is 2.46. The van der Waals surface area contributed by atoms with Crippen LogP contribution < -0.4 is 11.1 Å². The molecule has 34 heavy (non-hydrogen) atoms. The number of halogens is 1. The smallest absolute Gasteiger partial charge is 0.219 e. The van der Waals surface area contributed by atoms with Gasteiger partial charge in [-0.05, 0) is 52.6 Å². The van der Waals surface area contributed by atoms with E-state index in [4.69, 9.17) is 15.5 Å². The van der Waals surface area contributed by atoms with Crippen molar-refractivity contribution in [3.63, 3.8) is 0 Å². The van der Waals surface area contributed by atoms with Crippen molar-refractivity contribution in [1.29, 1.82) is 5.26 Å². The first-order valence-corrected chi connectivity index (χ1v) is 11.4. The Morgan fingerprint density at radius 3 is 2.88 bits per heavy atom. The summed E-state index contributed by atoms with van der Waals surface area (Å²) in [6, 6.07) is 1.44. The summed E-state index contributed by atoms with van der Waals surface area (Å²) in [5.41, 5.74) is 10.1. The fourth-order valence-corrected chi connectivity index (χ4v) is 5.23. The van der Waals surface area contributed by atoms with E-state index in [9.17, 15) is 14.8 Å². The van der Waals surface area contributed by atoms with Crippen LogP contribution in [0.3, 0.4) is 0 Å². The monoisotopic (exact) mass is 458 g/mol. The van der Waals surface area contributed by atoms with Crippen molar-refractivity contribution in [2.24, 2.45) is 16.6 Å². The van der Waals surface area contributed by atoms with Crippen LogP contribution in [0, 0.1) is 17.2 Å². The fourth-order valence-electron chi connectivity index (χ4n) is 5.23. The molecule has 0 amide bonds. The molecule has 4 heterocycles. The van der Waals surface area contributed by atoms with Crippen molar-refractivity contribution in [2.45, 2.75) is 26.3 Å². The van der Waals surface area contributed by atoms with Gasteiger partial charge in [-0.1, -0.05) is 19.6 Å². The van der Waals surface area contributed by atoms with Crippen molar-refractivity contribution in [2.75, 3.05) is 26.3 Å². The van der Waals surface area contributed by atoms with Gasteiger partial charge in [-0.25, -0.2) is 9.38 Å². The van der Waals surface area contributed by atoms with Gasteiger partial charge in [-0.15, -0.1) is 0 Å². The lowest BCUT2D eigenvalue weighted by molar-refractivity contribution is 0.206. The van der Waals surface area contributed by atoms with Gasteiger partial charge in [0.2, 0.25) is 7.28 Å². The molecule has 2 atom stereocenters. The van der Waals surface area contributed by atoms with E-state index in [1.165, 1.54) is 13.4 Å². The summed E-state index contributed by atoms with van der Waals surface area (Å²) in [4.78, 5) is 7.04. The van der Waals surface area contributed by atoms with Crippen LogP contribution in [0.5, 0.6) is 0 Å². The summed E-state index contributed by atoms with van der Waals surface area (Å²) in [5, 5.41) is 24.6. The van der Waals surface area contributed by atoms with Crippen molar-refractivity contribution in [3.8, 4) is 6.07 Å². The molecule has 0 spiro atoms. The lowest BCUT2D eigenvalue weighted by Crippen LogP contribution is -2.42. The average Bonchev–Trinajstić information content (AvgIpc) is 3.56. The first-order chi connectivity index (χ1) is 16.3. The third-order valence-electron chi connectivity index (χ3n) is 6.98. The second-order valence-corrected chi connectivity index (χ2v) is 9.14. The zero-order valence-corrected chi connectivity index (χ0v) is 19.3. The van der Waals surface area contributed by atoms with Crippen LogP contribution in [0.4, 0.5) is 4.39 Å². The lowest BCUT2D eigenvalue weighted by Gasteiger charge is -2.33. The Morgan fingerprint density at radius 2 is 2.21 bits per heavy atom. The Balaban J connectivity index is 1.62. The van der Waals surface area contributed by atoms with E-state index in [0.717, 1.165) is 36.2 Å². The zero-order chi connectivity index (χ0) is 24.1. The van der Waals surface area contributed by atoms with Gasteiger partial charge in [0.25, 0.3) is 0 Å². The molecule has 0 aromatic carbocycles. The highest BCUT2D eigenvalue weighted by molar-refractivity contribution is 6.57. The summed E-state index contributed by atoms with van der Waals surface area (Å²) < 4.78 is 20.5.